The molecule has 1 heterocycles. The average molecular weight is 315 g/mol. The Hall–Kier alpha value is -2.14. The molecule has 1 atom stereocenters. The fourth-order valence-electron chi connectivity index (χ4n) is 3.53. The van der Waals surface area contributed by atoms with Gasteiger partial charge in [-0.15, -0.1) is 0 Å². The molecule has 0 saturated heterocycles. The van der Waals surface area contributed by atoms with Crippen LogP contribution in [-0.2, 0) is 14.3 Å². The van der Waals surface area contributed by atoms with Gasteiger partial charge in [-0.3, -0.25) is 9.69 Å². The highest BCUT2D eigenvalue weighted by Crippen LogP contribution is 2.38. The van der Waals surface area contributed by atoms with Crippen molar-refractivity contribution in [3.8, 4) is 0 Å². The van der Waals surface area contributed by atoms with Crippen LogP contribution in [0.5, 0.6) is 0 Å². The molecule has 0 aromatic heterocycles. The Balaban J connectivity index is 2.02. The lowest BCUT2D eigenvalue weighted by atomic mass is 9.93. The summed E-state index contributed by atoms with van der Waals surface area (Å²) in [5.74, 6) is -1.13. The van der Waals surface area contributed by atoms with E-state index in [1.54, 1.807) is 12.1 Å². The Morgan fingerprint density at radius 3 is 2.48 bits per heavy atom. The summed E-state index contributed by atoms with van der Waals surface area (Å²) in [5, 5.41) is 10.9. The van der Waals surface area contributed by atoms with Gasteiger partial charge in [0.05, 0.1) is 7.11 Å². The minimum absolute atomic E-state index is 0.141. The summed E-state index contributed by atoms with van der Waals surface area (Å²) in [6.07, 6.45) is 6.03. The van der Waals surface area contributed by atoms with Crippen molar-refractivity contribution in [1.82, 2.24) is 4.90 Å². The molecule has 3 rings (SSSR count). The number of amides is 1. The van der Waals surface area contributed by atoms with Crippen LogP contribution in [-0.4, -0.2) is 40.8 Å². The van der Waals surface area contributed by atoms with Crippen LogP contribution in [0.25, 0.3) is 5.57 Å². The van der Waals surface area contributed by atoms with Gasteiger partial charge in [-0.1, -0.05) is 49.6 Å². The van der Waals surface area contributed by atoms with Gasteiger partial charge in [-0.05, 0) is 24.5 Å². The molecule has 1 amide bonds. The lowest BCUT2D eigenvalue weighted by molar-refractivity contribution is -0.182. The third kappa shape index (κ3) is 2.65. The highest BCUT2D eigenvalue weighted by molar-refractivity contribution is 6.24. The molecule has 1 aromatic carbocycles. The van der Waals surface area contributed by atoms with E-state index in [2.05, 4.69) is 0 Å². The number of carbonyl (C=O) groups excluding carboxylic acids is 2. The van der Waals surface area contributed by atoms with E-state index in [1.165, 1.54) is 18.1 Å². The molecule has 1 saturated carbocycles. The van der Waals surface area contributed by atoms with E-state index in [1.807, 2.05) is 18.2 Å². The maximum atomic E-state index is 12.9. The molecule has 23 heavy (non-hydrogen) atoms. The zero-order valence-electron chi connectivity index (χ0n) is 13.2. The van der Waals surface area contributed by atoms with Gasteiger partial charge in [0, 0.05) is 11.6 Å². The number of benzene rings is 1. The number of rotatable bonds is 3. The Labute approximate surface area is 135 Å². The van der Waals surface area contributed by atoms with Crippen molar-refractivity contribution in [2.75, 3.05) is 7.11 Å². The van der Waals surface area contributed by atoms with Gasteiger partial charge in [0.1, 0.15) is 0 Å². The first kappa shape index (κ1) is 15.7. The van der Waals surface area contributed by atoms with E-state index in [0.717, 1.165) is 32.1 Å². The molecular weight excluding hydrogens is 294 g/mol. The topological polar surface area (TPSA) is 66.8 Å². The largest absolute Gasteiger partial charge is 0.465 e. The van der Waals surface area contributed by atoms with Gasteiger partial charge in [0.2, 0.25) is 0 Å². The fraction of sp³-hybridized carbons (Fsp3) is 0.444. The molecule has 5 heteroatoms. The zero-order valence-corrected chi connectivity index (χ0v) is 13.2. The minimum Gasteiger partial charge on any atom is -0.465 e. The number of nitrogens with zero attached hydrogens (tertiary/aromatic N) is 1. The Kier molecular flexibility index (Phi) is 4.22. The molecule has 0 bridgehead atoms. The number of hydrogen-bond donors (Lipinski definition) is 1. The molecule has 5 nitrogen and oxygen atoms in total. The molecule has 122 valence electrons. The first-order valence-electron chi connectivity index (χ1n) is 8.00. The van der Waals surface area contributed by atoms with Crippen molar-refractivity contribution < 1.29 is 19.4 Å². The first-order valence-corrected chi connectivity index (χ1v) is 8.00. The van der Waals surface area contributed by atoms with E-state index in [-0.39, 0.29) is 11.9 Å². The van der Waals surface area contributed by atoms with Crippen molar-refractivity contribution in [2.24, 2.45) is 0 Å². The maximum Gasteiger partial charge on any atom is 0.364 e. The molecule has 1 aliphatic heterocycles. The lowest BCUT2D eigenvalue weighted by Gasteiger charge is -2.38. The molecule has 1 N–H and O–H groups in total. The van der Waals surface area contributed by atoms with Gasteiger partial charge >= 0.3 is 5.97 Å². The third-order valence-electron chi connectivity index (χ3n) is 4.67. The predicted octanol–water partition coefficient (Wildman–Crippen LogP) is 2.11. The van der Waals surface area contributed by atoms with E-state index in [0.29, 0.717) is 11.1 Å². The zero-order chi connectivity index (χ0) is 16.4. The quantitative estimate of drug-likeness (QED) is 0.868. The van der Waals surface area contributed by atoms with E-state index < -0.39 is 11.7 Å². The third-order valence-corrected chi connectivity index (χ3v) is 4.67. The van der Waals surface area contributed by atoms with E-state index in [4.69, 9.17) is 4.74 Å². The summed E-state index contributed by atoms with van der Waals surface area (Å²) in [7, 11) is 1.22. The lowest BCUT2D eigenvalue weighted by Crippen LogP contribution is -2.57. The molecule has 1 aliphatic carbocycles. The van der Waals surface area contributed by atoms with Crippen LogP contribution in [0.3, 0.4) is 0 Å². The van der Waals surface area contributed by atoms with Crippen LogP contribution in [0.15, 0.2) is 36.4 Å². The molecular formula is C18H21NO4. The highest BCUT2D eigenvalue weighted by atomic mass is 16.5. The van der Waals surface area contributed by atoms with Gasteiger partial charge < -0.3 is 9.84 Å². The van der Waals surface area contributed by atoms with Gasteiger partial charge in [0.25, 0.3) is 11.6 Å². The van der Waals surface area contributed by atoms with Crippen molar-refractivity contribution in [3.63, 3.8) is 0 Å². The predicted molar refractivity (Wildman–Crippen MR) is 85.1 cm³/mol. The summed E-state index contributed by atoms with van der Waals surface area (Å²) in [6.45, 7) is 0. The van der Waals surface area contributed by atoms with Crippen molar-refractivity contribution >= 4 is 17.4 Å². The van der Waals surface area contributed by atoms with Gasteiger partial charge in [-0.25, -0.2) is 4.79 Å². The van der Waals surface area contributed by atoms with Crippen LogP contribution in [0.4, 0.5) is 0 Å². The second-order valence-electron chi connectivity index (χ2n) is 6.11. The molecule has 0 spiro atoms. The Morgan fingerprint density at radius 1 is 1.22 bits per heavy atom. The maximum absolute atomic E-state index is 12.9. The normalized spacial score (nSPS) is 25.4. The number of carbonyl (C=O) groups is 2. The Bertz CT molecular complexity index is 634. The van der Waals surface area contributed by atoms with E-state index >= 15 is 0 Å². The number of esters is 1. The van der Waals surface area contributed by atoms with E-state index in [9.17, 15) is 14.7 Å². The number of hydrogen-bond acceptors (Lipinski definition) is 4. The van der Waals surface area contributed by atoms with Gasteiger partial charge in [0.15, 0.2) is 0 Å². The van der Waals surface area contributed by atoms with Crippen LogP contribution in [0, 0.1) is 0 Å². The molecule has 2 aliphatic rings. The highest BCUT2D eigenvalue weighted by Gasteiger charge is 2.53. The summed E-state index contributed by atoms with van der Waals surface area (Å²) < 4.78 is 4.76. The van der Waals surface area contributed by atoms with Crippen molar-refractivity contribution in [1.29, 1.82) is 0 Å². The average Bonchev–Trinajstić information content (AvgIpc) is 2.88. The SMILES string of the molecule is COC(=O)C1(O)C=C(c2ccccc2)C(=O)N1C1CCCCC1. The van der Waals surface area contributed by atoms with Gasteiger partial charge in [-0.2, -0.15) is 0 Å². The molecule has 1 fully saturated rings. The number of aliphatic hydroxyl groups is 1. The summed E-state index contributed by atoms with van der Waals surface area (Å²) in [6, 6.07) is 8.96. The fourth-order valence-corrected chi connectivity index (χ4v) is 3.53. The molecule has 1 aromatic rings. The van der Waals surface area contributed by atoms with Crippen molar-refractivity contribution in [2.45, 2.75) is 43.9 Å². The molecule has 1 unspecified atom stereocenters. The van der Waals surface area contributed by atoms with Crippen LogP contribution in [0.2, 0.25) is 0 Å². The molecule has 0 radical (unpaired) electrons. The standard InChI is InChI=1S/C18H21NO4/c1-23-17(21)18(22)12-15(13-8-4-2-5-9-13)16(20)19(18)14-10-6-3-7-11-14/h2,4-5,8-9,12,14,22H,3,6-7,10-11H2,1H3. The van der Waals surface area contributed by atoms with Crippen LogP contribution >= 0.6 is 0 Å². The summed E-state index contributed by atoms with van der Waals surface area (Å²) in [5.41, 5.74) is -0.971. The van der Waals surface area contributed by atoms with Crippen LogP contribution < -0.4 is 0 Å². The minimum atomic E-state index is -2.01. The smallest absolute Gasteiger partial charge is 0.364 e. The summed E-state index contributed by atoms with van der Waals surface area (Å²) >= 11 is 0. The summed E-state index contributed by atoms with van der Waals surface area (Å²) in [4.78, 5) is 26.5. The second-order valence-corrected chi connectivity index (χ2v) is 6.11. The number of methoxy groups -OCH3 is 1. The van der Waals surface area contributed by atoms with Crippen molar-refractivity contribution in [3.05, 3.63) is 42.0 Å². The second kappa shape index (κ2) is 6.16. The van der Waals surface area contributed by atoms with Crippen LogP contribution in [0.1, 0.15) is 37.7 Å². The first-order chi connectivity index (χ1) is 11.1. The Morgan fingerprint density at radius 2 is 1.87 bits per heavy atom. The monoisotopic (exact) mass is 315 g/mol. The number of ether oxygens (including phenoxy) is 1.